The van der Waals surface area contributed by atoms with Crippen LogP contribution in [0.1, 0.15) is 28.9 Å². The third kappa shape index (κ3) is 5.37. The van der Waals surface area contributed by atoms with E-state index in [1.165, 1.54) is 22.8 Å². The molecule has 2 aromatic carbocycles. The molecule has 4 rings (SSSR count). The molecular weight excluding hydrogens is 471 g/mol. The number of thiazole rings is 1. The molecule has 11 heteroatoms. The maximum absolute atomic E-state index is 13.7. The van der Waals surface area contributed by atoms with Gasteiger partial charge in [0.2, 0.25) is 0 Å². The normalized spacial score (nSPS) is 15.7. The fraction of sp³-hybridized carbons (Fsp3) is 0.261. The number of anilines is 2. The van der Waals surface area contributed by atoms with E-state index >= 15 is 0 Å². The van der Waals surface area contributed by atoms with Gasteiger partial charge in [-0.15, -0.1) is 11.3 Å². The van der Waals surface area contributed by atoms with Crippen molar-refractivity contribution < 1.29 is 32.2 Å². The van der Waals surface area contributed by atoms with Gasteiger partial charge in [0, 0.05) is 23.2 Å². The van der Waals surface area contributed by atoms with Crippen LogP contribution < -0.4 is 15.4 Å². The van der Waals surface area contributed by atoms with Crippen LogP contribution in [0.25, 0.3) is 10.6 Å². The van der Waals surface area contributed by atoms with Crippen LogP contribution in [0.15, 0.2) is 47.8 Å². The Labute approximate surface area is 196 Å². The van der Waals surface area contributed by atoms with Crippen molar-refractivity contribution in [2.45, 2.75) is 25.1 Å². The molecular formula is C23H20F3N3O4S. The number of nitrogens with zero attached hydrogens (tertiary/aromatic N) is 1. The van der Waals surface area contributed by atoms with Crippen LogP contribution in [-0.2, 0) is 15.7 Å². The summed E-state index contributed by atoms with van der Waals surface area (Å²) in [6.07, 6.45) is -4.21. The first-order valence-corrected chi connectivity index (χ1v) is 11.2. The number of carbonyl (C=O) groups is 2. The number of nitrogens with one attached hydrogen (secondary N) is 2. The molecule has 1 atom stereocenters. The molecule has 0 bridgehead atoms. The van der Waals surface area contributed by atoms with Crippen LogP contribution >= 0.6 is 11.3 Å². The summed E-state index contributed by atoms with van der Waals surface area (Å²) in [6.45, 7) is 0.438. The number of ether oxygens (including phenoxy) is 2. The van der Waals surface area contributed by atoms with Crippen molar-refractivity contribution in [1.82, 2.24) is 4.98 Å². The zero-order chi connectivity index (χ0) is 24.3. The van der Waals surface area contributed by atoms with Gasteiger partial charge >= 0.3 is 6.18 Å². The molecule has 3 aromatic rings. The van der Waals surface area contributed by atoms with Gasteiger partial charge in [0.05, 0.1) is 18.4 Å². The van der Waals surface area contributed by atoms with E-state index in [-0.39, 0.29) is 11.4 Å². The lowest BCUT2D eigenvalue weighted by molar-refractivity contribution is -0.137. The molecule has 1 unspecified atom stereocenters. The van der Waals surface area contributed by atoms with Crippen LogP contribution in [0.2, 0.25) is 0 Å². The van der Waals surface area contributed by atoms with E-state index in [0.29, 0.717) is 30.2 Å². The molecule has 7 nitrogen and oxygen atoms in total. The fourth-order valence-corrected chi connectivity index (χ4v) is 4.21. The van der Waals surface area contributed by atoms with Crippen molar-refractivity contribution in [2.24, 2.45) is 0 Å². The van der Waals surface area contributed by atoms with Gasteiger partial charge in [-0.05, 0) is 55.3 Å². The Morgan fingerprint density at radius 1 is 1.15 bits per heavy atom. The van der Waals surface area contributed by atoms with Gasteiger partial charge in [-0.2, -0.15) is 13.2 Å². The third-order valence-electron chi connectivity index (χ3n) is 5.14. The van der Waals surface area contributed by atoms with Gasteiger partial charge in [-0.25, -0.2) is 4.98 Å². The minimum Gasteiger partial charge on any atom is -0.497 e. The van der Waals surface area contributed by atoms with E-state index in [9.17, 15) is 22.8 Å². The highest BCUT2D eigenvalue weighted by Crippen LogP contribution is 2.37. The first-order valence-electron chi connectivity index (χ1n) is 10.3. The van der Waals surface area contributed by atoms with E-state index < -0.39 is 35.3 Å². The highest BCUT2D eigenvalue weighted by atomic mass is 32.1. The van der Waals surface area contributed by atoms with Gasteiger partial charge in [-0.1, -0.05) is 0 Å². The number of alkyl halides is 3. The van der Waals surface area contributed by atoms with Gasteiger partial charge in [0.15, 0.2) is 0 Å². The average Bonchev–Trinajstić information content (AvgIpc) is 3.52. The molecule has 34 heavy (non-hydrogen) atoms. The zero-order valence-electron chi connectivity index (χ0n) is 17.9. The Bertz CT molecular complexity index is 1190. The molecule has 0 saturated carbocycles. The second kappa shape index (κ2) is 9.82. The Hall–Kier alpha value is -3.44. The van der Waals surface area contributed by atoms with Crippen LogP contribution in [-0.4, -0.2) is 36.6 Å². The quantitative estimate of drug-likeness (QED) is 0.494. The number of carbonyl (C=O) groups excluding carboxylic acids is 2. The molecule has 178 valence electrons. The molecule has 0 spiro atoms. The van der Waals surface area contributed by atoms with Crippen molar-refractivity contribution in [3.05, 3.63) is 59.1 Å². The Morgan fingerprint density at radius 2 is 1.91 bits per heavy atom. The zero-order valence-corrected chi connectivity index (χ0v) is 18.8. The van der Waals surface area contributed by atoms with Crippen LogP contribution in [0.4, 0.5) is 24.5 Å². The summed E-state index contributed by atoms with van der Waals surface area (Å²) in [6, 6.07) is 10.2. The molecule has 1 saturated heterocycles. The maximum atomic E-state index is 13.7. The van der Waals surface area contributed by atoms with Crippen LogP contribution in [0.3, 0.4) is 0 Å². The van der Waals surface area contributed by atoms with Crippen molar-refractivity contribution in [3.63, 3.8) is 0 Å². The van der Waals surface area contributed by atoms with Gasteiger partial charge in [0.1, 0.15) is 22.6 Å². The molecule has 1 fully saturated rings. The molecule has 1 aliphatic heterocycles. The van der Waals surface area contributed by atoms with E-state index in [1.54, 1.807) is 31.4 Å². The van der Waals surface area contributed by atoms with Gasteiger partial charge < -0.3 is 20.1 Å². The number of aromatic nitrogens is 1. The fourth-order valence-electron chi connectivity index (χ4n) is 3.40. The van der Waals surface area contributed by atoms with Crippen molar-refractivity contribution >= 4 is 34.5 Å². The molecule has 2 N–H and O–H groups in total. The van der Waals surface area contributed by atoms with E-state index in [4.69, 9.17) is 9.47 Å². The number of hydrogen-bond donors (Lipinski definition) is 2. The molecule has 0 aliphatic carbocycles. The first kappa shape index (κ1) is 23.7. The number of benzene rings is 2. The van der Waals surface area contributed by atoms with E-state index in [1.807, 2.05) is 0 Å². The van der Waals surface area contributed by atoms with Gasteiger partial charge in [-0.3, -0.25) is 9.59 Å². The summed E-state index contributed by atoms with van der Waals surface area (Å²) in [4.78, 5) is 29.1. The Morgan fingerprint density at radius 3 is 2.56 bits per heavy atom. The minimum atomic E-state index is -4.76. The first-order chi connectivity index (χ1) is 16.2. The van der Waals surface area contributed by atoms with E-state index in [2.05, 4.69) is 15.6 Å². The lowest BCUT2D eigenvalue weighted by atomic mass is 10.1. The third-order valence-corrected chi connectivity index (χ3v) is 6.03. The topological polar surface area (TPSA) is 89.5 Å². The number of methoxy groups -OCH3 is 1. The summed E-state index contributed by atoms with van der Waals surface area (Å²) in [5.74, 6) is -0.623. The average molecular weight is 491 g/mol. The Balaban J connectivity index is 1.51. The lowest BCUT2D eigenvalue weighted by Crippen LogP contribution is -2.27. The number of rotatable bonds is 6. The summed E-state index contributed by atoms with van der Waals surface area (Å²) in [5, 5.41) is 6.73. The second-order valence-corrected chi connectivity index (χ2v) is 8.33. The summed E-state index contributed by atoms with van der Waals surface area (Å²) >= 11 is 1.19. The summed E-state index contributed by atoms with van der Waals surface area (Å²) in [5.41, 5.74) is -0.837. The monoisotopic (exact) mass is 491 g/mol. The summed E-state index contributed by atoms with van der Waals surface area (Å²) in [7, 11) is 1.54. The van der Waals surface area contributed by atoms with Gasteiger partial charge in [0.25, 0.3) is 11.8 Å². The largest absolute Gasteiger partial charge is 0.497 e. The molecule has 2 heterocycles. The SMILES string of the molecule is COc1ccc(-c2nc(C(=O)Nc3ccc(NC(=O)C4CCCO4)cc3C(F)(F)F)cs2)cc1. The lowest BCUT2D eigenvalue weighted by Gasteiger charge is -2.16. The number of halogens is 3. The smallest absolute Gasteiger partial charge is 0.418 e. The molecule has 2 amide bonds. The number of hydrogen-bond acceptors (Lipinski definition) is 6. The predicted molar refractivity (Wildman–Crippen MR) is 121 cm³/mol. The second-order valence-electron chi connectivity index (χ2n) is 7.47. The maximum Gasteiger partial charge on any atom is 0.418 e. The van der Waals surface area contributed by atoms with Crippen molar-refractivity contribution in [3.8, 4) is 16.3 Å². The van der Waals surface area contributed by atoms with E-state index in [0.717, 1.165) is 17.7 Å². The van der Waals surface area contributed by atoms with Crippen LogP contribution in [0.5, 0.6) is 5.75 Å². The number of amides is 2. The predicted octanol–water partition coefficient (Wildman–Crippen LogP) is 5.21. The standard InChI is InChI=1S/C23H20F3N3O4S/c1-32-15-7-4-13(5-8-15)22-29-18(12-34-22)20(30)28-17-9-6-14(11-16(17)23(24,25)26)27-21(31)19-3-2-10-33-19/h4-9,11-12,19H,2-3,10H2,1H3,(H,27,31)(H,28,30). The van der Waals surface area contributed by atoms with Crippen LogP contribution in [0, 0.1) is 0 Å². The Kier molecular flexibility index (Phi) is 6.85. The molecule has 1 aliphatic rings. The highest BCUT2D eigenvalue weighted by molar-refractivity contribution is 7.13. The molecule has 0 radical (unpaired) electrons. The minimum absolute atomic E-state index is 0.0142. The molecule has 1 aromatic heterocycles. The van der Waals surface area contributed by atoms with Crippen molar-refractivity contribution in [2.75, 3.05) is 24.4 Å². The highest BCUT2D eigenvalue weighted by Gasteiger charge is 2.35. The summed E-state index contributed by atoms with van der Waals surface area (Å²) < 4.78 is 51.4. The van der Waals surface area contributed by atoms with Crippen molar-refractivity contribution in [1.29, 1.82) is 0 Å².